The summed E-state index contributed by atoms with van der Waals surface area (Å²) >= 11 is 5.97. The number of nitrogens with one attached hydrogen (secondary N) is 2. The van der Waals surface area contributed by atoms with Crippen LogP contribution in [0.25, 0.3) is 0 Å². The predicted octanol–water partition coefficient (Wildman–Crippen LogP) is 5.02. The zero-order valence-electron chi connectivity index (χ0n) is 14.5. The molecule has 0 bridgehead atoms. The third-order valence-corrected chi connectivity index (χ3v) is 3.95. The van der Waals surface area contributed by atoms with E-state index in [4.69, 9.17) is 11.6 Å². The van der Waals surface area contributed by atoms with E-state index in [1.165, 1.54) is 12.1 Å². The van der Waals surface area contributed by atoms with Gasteiger partial charge in [-0.2, -0.15) is 0 Å². The number of carbonyl (C=O) groups excluding carboxylic acids is 1. The van der Waals surface area contributed by atoms with Crippen molar-refractivity contribution in [3.05, 3.63) is 76.2 Å². The highest BCUT2D eigenvalue weighted by Crippen LogP contribution is 2.22. The fraction of sp³-hybridized carbons (Fsp3) is 0.105. The molecule has 3 aromatic rings. The molecule has 0 radical (unpaired) electrons. The van der Waals surface area contributed by atoms with Crippen LogP contribution in [0.3, 0.4) is 0 Å². The summed E-state index contributed by atoms with van der Waals surface area (Å²) in [7, 11) is 0. The van der Waals surface area contributed by atoms with E-state index < -0.39 is 17.5 Å². The summed E-state index contributed by atoms with van der Waals surface area (Å²) in [5.74, 6) is -1.76. The van der Waals surface area contributed by atoms with E-state index in [2.05, 4.69) is 20.6 Å². The van der Waals surface area contributed by atoms with Gasteiger partial charge in [0.05, 0.1) is 0 Å². The SMILES string of the molecule is Cc1nc(Nc2ccc(F)c(F)c2)cc(C(=O)Nc2cc(Cl)ccc2C)n1. The second-order valence-electron chi connectivity index (χ2n) is 5.85. The van der Waals surface area contributed by atoms with E-state index >= 15 is 0 Å². The minimum atomic E-state index is -0.986. The normalized spacial score (nSPS) is 10.6. The van der Waals surface area contributed by atoms with Crippen LogP contribution in [0.4, 0.5) is 26.0 Å². The first kappa shape index (κ1) is 18.7. The van der Waals surface area contributed by atoms with Crippen LogP contribution in [0.5, 0.6) is 0 Å². The van der Waals surface area contributed by atoms with Gasteiger partial charge in [-0.1, -0.05) is 17.7 Å². The molecule has 0 aliphatic heterocycles. The molecule has 0 aliphatic rings. The number of aryl methyl sites for hydroxylation is 2. The van der Waals surface area contributed by atoms with E-state index in [0.717, 1.165) is 17.7 Å². The van der Waals surface area contributed by atoms with E-state index in [0.29, 0.717) is 22.2 Å². The smallest absolute Gasteiger partial charge is 0.274 e. The maximum Gasteiger partial charge on any atom is 0.274 e. The molecule has 1 aromatic heterocycles. The zero-order chi connectivity index (χ0) is 19.6. The minimum absolute atomic E-state index is 0.118. The van der Waals surface area contributed by atoms with Crippen LogP contribution in [-0.2, 0) is 0 Å². The number of amides is 1. The average Bonchev–Trinajstić information content (AvgIpc) is 2.61. The predicted molar refractivity (Wildman–Crippen MR) is 101 cm³/mol. The van der Waals surface area contributed by atoms with Crippen LogP contribution in [-0.4, -0.2) is 15.9 Å². The van der Waals surface area contributed by atoms with Crippen LogP contribution < -0.4 is 10.6 Å². The number of halogens is 3. The first-order chi connectivity index (χ1) is 12.8. The molecule has 8 heteroatoms. The molecule has 1 heterocycles. The maximum absolute atomic E-state index is 13.4. The Hall–Kier alpha value is -3.06. The molecule has 27 heavy (non-hydrogen) atoms. The maximum atomic E-state index is 13.4. The molecule has 2 aromatic carbocycles. The highest BCUT2D eigenvalue weighted by Gasteiger charge is 2.13. The summed E-state index contributed by atoms with van der Waals surface area (Å²) in [5.41, 5.74) is 1.83. The van der Waals surface area contributed by atoms with Gasteiger partial charge in [0.1, 0.15) is 17.3 Å². The Morgan fingerprint density at radius 2 is 1.78 bits per heavy atom. The Bertz CT molecular complexity index is 1030. The van der Waals surface area contributed by atoms with Gasteiger partial charge in [-0.25, -0.2) is 18.7 Å². The van der Waals surface area contributed by atoms with Crippen molar-refractivity contribution in [1.82, 2.24) is 9.97 Å². The molecule has 5 nitrogen and oxygen atoms in total. The number of aromatic nitrogens is 2. The average molecular weight is 389 g/mol. The molecule has 0 spiro atoms. The number of carbonyl (C=O) groups is 1. The summed E-state index contributed by atoms with van der Waals surface area (Å²) in [5, 5.41) is 6.08. The summed E-state index contributed by atoms with van der Waals surface area (Å²) in [6.07, 6.45) is 0. The van der Waals surface area contributed by atoms with Gasteiger partial charge in [0.15, 0.2) is 11.6 Å². The number of nitrogens with zero attached hydrogens (tertiary/aromatic N) is 2. The molecule has 0 aliphatic carbocycles. The van der Waals surface area contributed by atoms with Gasteiger partial charge in [0.25, 0.3) is 5.91 Å². The van der Waals surface area contributed by atoms with Crippen molar-refractivity contribution in [1.29, 1.82) is 0 Å². The number of rotatable bonds is 4. The number of hydrogen-bond donors (Lipinski definition) is 2. The molecule has 0 saturated heterocycles. The minimum Gasteiger partial charge on any atom is -0.340 e. The van der Waals surface area contributed by atoms with Crippen LogP contribution in [0, 0.1) is 25.5 Å². The van der Waals surface area contributed by atoms with Gasteiger partial charge in [0, 0.05) is 28.5 Å². The van der Waals surface area contributed by atoms with Crippen molar-refractivity contribution >= 4 is 34.7 Å². The van der Waals surface area contributed by atoms with Gasteiger partial charge >= 0.3 is 0 Å². The van der Waals surface area contributed by atoms with E-state index in [9.17, 15) is 13.6 Å². The van der Waals surface area contributed by atoms with Crippen molar-refractivity contribution < 1.29 is 13.6 Å². The lowest BCUT2D eigenvalue weighted by Crippen LogP contribution is -2.16. The van der Waals surface area contributed by atoms with Crippen molar-refractivity contribution in [2.75, 3.05) is 10.6 Å². The number of anilines is 3. The Balaban J connectivity index is 1.84. The molecular formula is C19H15ClF2N4O. The Kier molecular flexibility index (Phi) is 5.32. The second kappa shape index (κ2) is 7.67. The lowest BCUT2D eigenvalue weighted by molar-refractivity contribution is 0.102. The van der Waals surface area contributed by atoms with Crippen LogP contribution in [0.1, 0.15) is 21.9 Å². The van der Waals surface area contributed by atoms with Gasteiger partial charge in [0.2, 0.25) is 0 Å². The van der Waals surface area contributed by atoms with E-state index in [1.807, 2.05) is 6.92 Å². The highest BCUT2D eigenvalue weighted by atomic mass is 35.5. The molecule has 138 valence electrons. The zero-order valence-corrected chi connectivity index (χ0v) is 15.2. The largest absolute Gasteiger partial charge is 0.340 e. The standard InChI is InChI=1S/C19H15ClF2N4O/c1-10-3-4-12(20)7-16(10)26-19(27)17-9-18(24-11(2)23-17)25-13-5-6-14(21)15(22)8-13/h3-9H,1-2H3,(H,26,27)(H,23,24,25). The molecule has 0 saturated carbocycles. The van der Waals surface area contributed by atoms with Crippen molar-refractivity contribution in [2.24, 2.45) is 0 Å². The van der Waals surface area contributed by atoms with Crippen molar-refractivity contribution in [3.63, 3.8) is 0 Å². The van der Waals surface area contributed by atoms with E-state index in [1.54, 1.807) is 25.1 Å². The lowest BCUT2D eigenvalue weighted by atomic mass is 10.2. The molecule has 1 amide bonds. The molecule has 2 N–H and O–H groups in total. The first-order valence-corrected chi connectivity index (χ1v) is 8.35. The summed E-state index contributed by atoms with van der Waals surface area (Å²) in [6.45, 7) is 3.46. The quantitative estimate of drug-likeness (QED) is 0.658. The second-order valence-corrected chi connectivity index (χ2v) is 6.29. The summed E-state index contributed by atoms with van der Waals surface area (Å²) in [4.78, 5) is 20.8. The van der Waals surface area contributed by atoms with Crippen LogP contribution >= 0.6 is 11.6 Å². The Labute approximate surface area is 159 Å². The van der Waals surface area contributed by atoms with Gasteiger partial charge < -0.3 is 10.6 Å². The lowest BCUT2D eigenvalue weighted by Gasteiger charge is -2.11. The topological polar surface area (TPSA) is 66.9 Å². The number of benzene rings is 2. The van der Waals surface area contributed by atoms with E-state index in [-0.39, 0.29) is 11.5 Å². The number of hydrogen-bond acceptors (Lipinski definition) is 4. The highest BCUT2D eigenvalue weighted by molar-refractivity contribution is 6.31. The molecule has 0 atom stereocenters. The molecule has 0 unspecified atom stereocenters. The third-order valence-electron chi connectivity index (χ3n) is 3.71. The van der Waals surface area contributed by atoms with Crippen molar-refractivity contribution in [3.8, 4) is 0 Å². The molecular weight excluding hydrogens is 374 g/mol. The van der Waals surface area contributed by atoms with Gasteiger partial charge in [-0.05, 0) is 43.7 Å². The van der Waals surface area contributed by atoms with Crippen LogP contribution in [0.15, 0.2) is 42.5 Å². The Morgan fingerprint density at radius 3 is 2.52 bits per heavy atom. The molecule has 3 rings (SSSR count). The fourth-order valence-electron chi connectivity index (χ4n) is 2.39. The summed E-state index contributed by atoms with van der Waals surface area (Å²) in [6, 6.07) is 9.95. The van der Waals surface area contributed by atoms with Crippen LogP contribution in [0.2, 0.25) is 5.02 Å². The van der Waals surface area contributed by atoms with Gasteiger partial charge in [-0.15, -0.1) is 0 Å². The molecule has 0 fully saturated rings. The Morgan fingerprint density at radius 1 is 1.00 bits per heavy atom. The van der Waals surface area contributed by atoms with Gasteiger partial charge in [-0.3, -0.25) is 4.79 Å². The third kappa shape index (κ3) is 4.57. The monoisotopic (exact) mass is 388 g/mol. The fourth-order valence-corrected chi connectivity index (χ4v) is 2.56. The first-order valence-electron chi connectivity index (χ1n) is 7.97. The summed E-state index contributed by atoms with van der Waals surface area (Å²) < 4.78 is 26.4. The van der Waals surface area contributed by atoms with Crippen molar-refractivity contribution in [2.45, 2.75) is 13.8 Å².